The molecule has 0 saturated carbocycles. The van der Waals surface area contributed by atoms with Crippen LogP contribution in [0.25, 0.3) is 0 Å². The van der Waals surface area contributed by atoms with Gasteiger partial charge < -0.3 is 4.74 Å². The number of aromatic nitrogens is 1. The molecule has 0 saturated heterocycles. The number of hydrogen-bond donors (Lipinski definition) is 0. The van der Waals surface area contributed by atoms with Gasteiger partial charge in [0.1, 0.15) is 18.2 Å². The molecule has 0 radical (unpaired) electrons. The molecule has 0 aliphatic rings. The lowest BCUT2D eigenvalue weighted by Crippen LogP contribution is -1.98. The maximum absolute atomic E-state index is 13.2. The number of ether oxygens (including phenoxy) is 1. The van der Waals surface area contributed by atoms with E-state index in [1.807, 2.05) is 18.2 Å². The van der Waals surface area contributed by atoms with Gasteiger partial charge in [0.25, 0.3) is 0 Å². The van der Waals surface area contributed by atoms with E-state index in [1.165, 1.54) is 6.07 Å². The molecule has 2 rings (SSSR count). The minimum absolute atomic E-state index is 0.251. The largest absolute Gasteiger partial charge is 0.487 e. The van der Waals surface area contributed by atoms with Gasteiger partial charge in [-0.3, -0.25) is 4.98 Å². The normalized spacial score (nSPS) is 10.1. The average Bonchev–Trinajstić information content (AvgIpc) is 2.32. The van der Waals surface area contributed by atoms with Gasteiger partial charge in [0.05, 0.1) is 5.69 Å². The van der Waals surface area contributed by atoms with E-state index in [-0.39, 0.29) is 5.82 Å². The zero-order valence-electron chi connectivity index (χ0n) is 8.98. The van der Waals surface area contributed by atoms with Crippen molar-refractivity contribution in [3.63, 3.8) is 0 Å². The van der Waals surface area contributed by atoms with Crippen molar-refractivity contribution >= 4 is 0 Å². The molecule has 0 aliphatic carbocycles. The summed E-state index contributed by atoms with van der Waals surface area (Å²) in [5.41, 5.74) is 1.44. The highest BCUT2D eigenvalue weighted by Crippen LogP contribution is 2.16. The summed E-state index contributed by atoms with van der Waals surface area (Å²) in [6.07, 6.45) is 1.70. The highest BCUT2D eigenvalue weighted by Gasteiger charge is 2.00. The van der Waals surface area contributed by atoms with Crippen LogP contribution in [0.5, 0.6) is 5.75 Å². The van der Waals surface area contributed by atoms with Gasteiger partial charge in [-0.05, 0) is 30.7 Å². The maximum Gasteiger partial charge on any atom is 0.130 e. The summed E-state index contributed by atoms with van der Waals surface area (Å²) < 4.78 is 18.6. The molecule has 0 spiro atoms. The molecule has 1 heterocycles. The van der Waals surface area contributed by atoms with Gasteiger partial charge in [-0.15, -0.1) is 0 Å². The fraction of sp³-hybridized carbons (Fsp3) is 0.154. The van der Waals surface area contributed by atoms with Crippen LogP contribution in [0.3, 0.4) is 0 Å². The van der Waals surface area contributed by atoms with Crippen LogP contribution in [0, 0.1) is 12.7 Å². The summed E-state index contributed by atoms with van der Waals surface area (Å²) >= 11 is 0. The van der Waals surface area contributed by atoms with E-state index in [2.05, 4.69) is 4.98 Å². The summed E-state index contributed by atoms with van der Waals surface area (Å²) in [5.74, 6) is 0.271. The Morgan fingerprint density at radius 2 is 2.12 bits per heavy atom. The predicted molar refractivity (Wildman–Crippen MR) is 59.7 cm³/mol. The number of nitrogens with zero attached hydrogens (tertiary/aromatic N) is 1. The van der Waals surface area contributed by atoms with Gasteiger partial charge >= 0.3 is 0 Å². The van der Waals surface area contributed by atoms with E-state index >= 15 is 0 Å². The molecule has 82 valence electrons. The molecule has 0 atom stereocenters. The second kappa shape index (κ2) is 4.75. The van der Waals surface area contributed by atoms with Gasteiger partial charge in [-0.1, -0.05) is 12.1 Å². The summed E-state index contributed by atoms with van der Waals surface area (Å²) in [6.45, 7) is 2.07. The second-order valence-corrected chi connectivity index (χ2v) is 3.52. The molecule has 3 heteroatoms. The quantitative estimate of drug-likeness (QED) is 0.788. The first kappa shape index (κ1) is 10.6. The minimum atomic E-state index is -0.251. The molecule has 0 N–H and O–H groups in total. The summed E-state index contributed by atoms with van der Waals surface area (Å²) in [4.78, 5) is 4.12. The third-order valence-corrected chi connectivity index (χ3v) is 2.26. The molecule has 0 bridgehead atoms. The van der Waals surface area contributed by atoms with E-state index < -0.39 is 0 Å². The summed E-state index contributed by atoms with van der Waals surface area (Å²) in [7, 11) is 0. The number of aryl methyl sites for hydroxylation is 1. The monoisotopic (exact) mass is 217 g/mol. The van der Waals surface area contributed by atoms with Crippen molar-refractivity contribution in [3.05, 3.63) is 59.7 Å². The van der Waals surface area contributed by atoms with Crippen LogP contribution in [-0.4, -0.2) is 4.98 Å². The van der Waals surface area contributed by atoms with Gasteiger partial charge in [-0.2, -0.15) is 0 Å². The van der Waals surface area contributed by atoms with Gasteiger partial charge in [0.15, 0.2) is 0 Å². The first-order valence-corrected chi connectivity index (χ1v) is 5.04. The molecule has 0 amide bonds. The Balaban J connectivity index is 2.03. The Bertz CT molecular complexity index is 471. The third-order valence-electron chi connectivity index (χ3n) is 2.26. The second-order valence-electron chi connectivity index (χ2n) is 3.52. The van der Waals surface area contributed by atoms with Gasteiger partial charge in [-0.25, -0.2) is 4.39 Å². The summed E-state index contributed by atoms with van der Waals surface area (Å²) in [5, 5.41) is 0. The highest BCUT2D eigenvalue weighted by atomic mass is 19.1. The standard InChI is InChI=1S/C13H12FNO/c1-10-5-6-12(8-13(10)14)16-9-11-4-2-3-7-15-11/h2-8H,9H2,1H3. The minimum Gasteiger partial charge on any atom is -0.487 e. The lowest BCUT2D eigenvalue weighted by molar-refractivity contribution is 0.299. The van der Waals surface area contributed by atoms with Crippen molar-refractivity contribution in [3.8, 4) is 5.75 Å². The first-order valence-electron chi connectivity index (χ1n) is 5.04. The SMILES string of the molecule is Cc1ccc(OCc2ccccn2)cc1F. The molecular formula is C13H12FNO. The molecular weight excluding hydrogens is 205 g/mol. The van der Waals surface area contributed by atoms with Crippen molar-refractivity contribution in [1.82, 2.24) is 4.98 Å². The Hall–Kier alpha value is -1.90. The van der Waals surface area contributed by atoms with Crippen LogP contribution < -0.4 is 4.74 Å². The number of rotatable bonds is 3. The molecule has 0 fully saturated rings. The smallest absolute Gasteiger partial charge is 0.130 e. The Morgan fingerprint density at radius 1 is 1.25 bits per heavy atom. The van der Waals surface area contributed by atoms with Gasteiger partial charge in [0.2, 0.25) is 0 Å². The zero-order chi connectivity index (χ0) is 11.4. The molecule has 1 aromatic heterocycles. The fourth-order valence-electron chi connectivity index (χ4n) is 1.30. The van der Waals surface area contributed by atoms with Crippen molar-refractivity contribution < 1.29 is 9.13 Å². The van der Waals surface area contributed by atoms with E-state index in [0.717, 1.165) is 5.69 Å². The van der Waals surface area contributed by atoms with Crippen LogP contribution in [0.2, 0.25) is 0 Å². The molecule has 2 aromatic rings. The van der Waals surface area contributed by atoms with E-state index in [1.54, 1.807) is 25.3 Å². The van der Waals surface area contributed by atoms with E-state index in [4.69, 9.17) is 4.74 Å². The third kappa shape index (κ3) is 2.57. The molecule has 16 heavy (non-hydrogen) atoms. The van der Waals surface area contributed by atoms with Crippen molar-refractivity contribution in [1.29, 1.82) is 0 Å². The summed E-state index contributed by atoms with van der Waals surface area (Å²) in [6, 6.07) is 10.4. The highest BCUT2D eigenvalue weighted by molar-refractivity contribution is 5.28. The van der Waals surface area contributed by atoms with Crippen LogP contribution >= 0.6 is 0 Å². The zero-order valence-corrected chi connectivity index (χ0v) is 8.98. The lowest BCUT2D eigenvalue weighted by Gasteiger charge is -2.06. The Labute approximate surface area is 93.7 Å². The van der Waals surface area contributed by atoms with Crippen LogP contribution in [0.1, 0.15) is 11.3 Å². The molecule has 0 aliphatic heterocycles. The molecule has 1 aromatic carbocycles. The van der Waals surface area contributed by atoms with Crippen LogP contribution in [0.4, 0.5) is 4.39 Å². The Morgan fingerprint density at radius 3 is 2.81 bits per heavy atom. The van der Waals surface area contributed by atoms with Crippen LogP contribution in [-0.2, 0) is 6.61 Å². The Kier molecular flexibility index (Phi) is 3.15. The van der Waals surface area contributed by atoms with Crippen molar-refractivity contribution in [2.45, 2.75) is 13.5 Å². The topological polar surface area (TPSA) is 22.1 Å². The van der Waals surface area contributed by atoms with Crippen molar-refractivity contribution in [2.75, 3.05) is 0 Å². The lowest BCUT2D eigenvalue weighted by atomic mass is 10.2. The van der Waals surface area contributed by atoms with E-state index in [0.29, 0.717) is 17.9 Å². The number of benzene rings is 1. The van der Waals surface area contributed by atoms with E-state index in [9.17, 15) is 4.39 Å². The van der Waals surface area contributed by atoms with Gasteiger partial charge in [0, 0.05) is 12.3 Å². The van der Waals surface area contributed by atoms with Crippen LogP contribution in [0.15, 0.2) is 42.6 Å². The molecule has 2 nitrogen and oxygen atoms in total. The predicted octanol–water partition coefficient (Wildman–Crippen LogP) is 3.11. The van der Waals surface area contributed by atoms with Crippen molar-refractivity contribution in [2.24, 2.45) is 0 Å². The fourth-order valence-corrected chi connectivity index (χ4v) is 1.30. The maximum atomic E-state index is 13.2. The average molecular weight is 217 g/mol. The number of pyridine rings is 1. The number of hydrogen-bond acceptors (Lipinski definition) is 2. The number of halogens is 1. The molecule has 0 unspecified atom stereocenters. The first-order chi connectivity index (χ1) is 7.75.